The molecule has 1 saturated heterocycles. The van der Waals surface area contributed by atoms with E-state index in [1.807, 2.05) is 0 Å². The van der Waals surface area contributed by atoms with Crippen LogP contribution in [0.4, 0.5) is 0 Å². The first-order valence-corrected chi connectivity index (χ1v) is 4.32. The molecule has 0 atom stereocenters. The van der Waals surface area contributed by atoms with E-state index in [1.54, 1.807) is 4.90 Å². The number of piperidine rings is 1. The van der Waals surface area contributed by atoms with Gasteiger partial charge in [-0.05, 0) is 19.3 Å². The Hall–Kier alpha value is -0.150. The number of likely N-dealkylation sites (tertiary alicyclic amines) is 1. The number of hydrogen-bond acceptors (Lipinski definition) is 1. The Kier molecular flexibility index (Phi) is 3.09. The highest BCUT2D eigenvalue weighted by atomic mass is 32.1. The zero-order chi connectivity index (χ0) is 7.40. The van der Waals surface area contributed by atoms with Crippen LogP contribution in [0, 0.1) is 0 Å². The summed E-state index contributed by atoms with van der Waals surface area (Å²) in [5.74, 6) is 0. The van der Waals surface area contributed by atoms with Crippen molar-refractivity contribution in [2.75, 3.05) is 19.6 Å². The van der Waals surface area contributed by atoms with Crippen molar-refractivity contribution in [1.82, 2.24) is 0 Å². The molecule has 0 bridgehead atoms. The van der Waals surface area contributed by atoms with Crippen molar-refractivity contribution >= 4 is 17.2 Å². The van der Waals surface area contributed by atoms with Gasteiger partial charge in [0.15, 0.2) is 0 Å². The molecule has 1 heterocycles. The van der Waals surface area contributed by atoms with E-state index >= 15 is 0 Å². The molecule has 1 fully saturated rings. The van der Waals surface area contributed by atoms with Gasteiger partial charge in [0.25, 0.3) is 0 Å². The van der Waals surface area contributed by atoms with Crippen LogP contribution in [0.25, 0.3) is 0 Å². The number of hydrogen-bond donors (Lipinski definition) is 2. The Morgan fingerprint density at radius 1 is 1.30 bits per heavy atom. The number of thiocarbonyl (C=S) groups is 1. The molecule has 0 aromatic carbocycles. The molecule has 0 radical (unpaired) electrons. The Labute approximate surface area is 67.4 Å². The molecule has 10 heavy (non-hydrogen) atoms. The summed E-state index contributed by atoms with van der Waals surface area (Å²) >= 11 is 4.83. The van der Waals surface area contributed by atoms with Crippen LogP contribution in [0.5, 0.6) is 0 Å². The Morgan fingerprint density at radius 2 is 1.90 bits per heavy atom. The topological polar surface area (TPSA) is 30.5 Å². The fourth-order valence-corrected chi connectivity index (χ4v) is 1.68. The lowest BCUT2D eigenvalue weighted by Crippen LogP contribution is -3.13. The summed E-state index contributed by atoms with van der Waals surface area (Å²) in [6.45, 7) is 3.42. The molecule has 3 heteroatoms. The summed E-state index contributed by atoms with van der Waals surface area (Å²) in [7, 11) is 0. The molecule has 1 aliphatic rings. The Morgan fingerprint density at radius 3 is 2.40 bits per heavy atom. The molecule has 0 unspecified atom stereocenters. The molecular formula is C7H15N2S+. The van der Waals surface area contributed by atoms with E-state index < -0.39 is 0 Å². The van der Waals surface area contributed by atoms with Crippen LogP contribution >= 0.6 is 12.2 Å². The normalized spacial score (nSPS) is 20.8. The summed E-state index contributed by atoms with van der Waals surface area (Å²) in [6.07, 6.45) is 4.08. The molecule has 0 amide bonds. The van der Waals surface area contributed by atoms with Crippen molar-refractivity contribution in [3.63, 3.8) is 0 Å². The molecule has 3 N–H and O–H groups in total. The van der Waals surface area contributed by atoms with Crippen LogP contribution in [0.1, 0.15) is 19.3 Å². The minimum absolute atomic E-state index is 0.664. The second-order valence-electron chi connectivity index (χ2n) is 2.95. The van der Waals surface area contributed by atoms with E-state index in [0.29, 0.717) is 4.99 Å². The van der Waals surface area contributed by atoms with Crippen molar-refractivity contribution in [1.29, 1.82) is 0 Å². The summed E-state index contributed by atoms with van der Waals surface area (Å²) in [6, 6.07) is 0. The maximum atomic E-state index is 5.43. The lowest BCUT2D eigenvalue weighted by atomic mass is 10.1. The average molecular weight is 159 g/mol. The summed E-state index contributed by atoms with van der Waals surface area (Å²) < 4.78 is 0. The summed E-state index contributed by atoms with van der Waals surface area (Å²) in [4.78, 5) is 2.23. The fraction of sp³-hybridized carbons (Fsp3) is 0.857. The highest BCUT2D eigenvalue weighted by Gasteiger charge is 2.13. The third kappa shape index (κ3) is 2.62. The summed E-state index contributed by atoms with van der Waals surface area (Å²) in [5.41, 5.74) is 5.43. The van der Waals surface area contributed by atoms with Crippen molar-refractivity contribution in [2.24, 2.45) is 5.73 Å². The molecule has 0 saturated carbocycles. The smallest absolute Gasteiger partial charge is 0.128 e. The zero-order valence-corrected chi connectivity index (χ0v) is 7.04. The van der Waals surface area contributed by atoms with E-state index in [-0.39, 0.29) is 0 Å². The Bertz CT molecular complexity index is 119. The third-order valence-corrected chi connectivity index (χ3v) is 2.13. The standard InChI is InChI=1S/C7H14N2S/c8-7(10)6-9-4-2-1-3-5-9/h1-6H2,(H2,8,10)/p+1. The molecule has 1 rings (SSSR count). The van der Waals surface area contributed by atoms with Crippen LogP contribution in [0.2, 0.25) is 0 Å². The zero-order valence-electron chi connectivity index (χ0n) is 6.23. The van der Waals surface area contributed by atoms with Gasteiger partial charge >= 0.3 is 0 Å². The second-order valence-corrected chi connectivity index (χ2v) is 3.48. The predicted molar refractivity (Wildman–Crippen MR) is 46.2 cm³/mol. The quantitative estimate of drug-likeness (QED) is 0.524. The minimum atomic E-state index is 0.664. The van der Waals surface area contributed by atoms with E-state index in [0.717, 1.165) is 6.54 Å². The monoisotopic (exact) mass is 159 g/mol. The molecule has 1 aliphatic heterocycles. The maximum absolute atomic E-state index is 5.43. The largest absolute Gasteiger partial charge is 0.389 e. The lowest BCUT2D eigenvalue weighted by Gasteiger charge is -2.22. The highest BCUT2D eigenvalue weighted by molar-refractivity contribution is 7.80. The van der Waals surface area contributed by atoms with Crippen molar-refractivity contribution < 1.29 is 4.90 Å². The van der Waals surface area contributed by atoms with Crippen LogP contribution in [-0.4, -0.2) is 24.6 Å². The van der Waals surface area contributed by atoms with E-state index in [1.165, 1.54) is 32.4 Å². The van der Waals surface area contributed by atoms with E-state index in [4.69, 9.17) is 18.0 Å². The first kappa shape index (κ1) is 7.95. The molecule has 58 valence electrons. The average Bonchev–Trinajstić information content (AvgIpc) is 1.88. The van der Waals surface area contributed by atoms with Gasteiger partial charge in [-0.3, -0.25) is 0 Å². The van der Waals surface area contributed by atoms with Crippen LogP contribution in [-0.2, 0) is 0 Å². The van der Waals surface area contributed by atoms with Crippen molar-refractivity contribution in [3.8, 4) is 0 Å². The Balaban J connectivity index is 2.19. The van der Waals surface area contributed by atoms with Crippen LogP contribution in [0.3, 0.4) is 0 Å². The maximum Gasteiger partial charge on any atom is 0.128 e. The predicted octanol–water partition coefficient (Wildman–Crippen LogP) is -0.659. The van der Waals surface area contributed by atoms with Gasteiger partial charge < -0.3 is 10.6 Å². The molecular weight excluding hydrogens is 144 g/mol. The number of nitrogens with two attached hydrogens (primary N) is 1. The third-order valence-electron chi connectivity index (χ3n) is 1.98. The number of nitrogens with one attached hydrogen (secondary N) is 1. The van der Waals surface area contributed by atoms with E-state index in [9.17, 15) is 0 Å². The van der Waals surface area contributed by atoms with Gasteiger partial charge in [0.05, 0.1) is 13.1 Å². The van der Waals surface area contributed by atoms with E-state index in [2.05, 4.69) is 0 Å². The summed E-state index contributed by atoms with van der Waals surface area (Å²) in [5, 5.41) is 0. The first-order chi connectivity index (χ1) is 4.79. The van der Waals surface area contributed by atoms with Gasteiger partial charge in [0, 0.05) is 0 Å². The van der Waals surface area contributed by atoms with Crippen LogP contribution in [0.15, 0.2) is 0 Å². The molecule has 0 aliphatic carbocycles. The van der Waals surface area contributed by atoms with Crippen LogP contribution < -0.4 is 10.6 Å². The van der Waals surface area contributed by atoms with Crippen molar-refractivity contribution in [2.45, 2.75) is 19.3 Å². The van der Waals surface area contributed by atoms with Crippen molar-refractivity contribution in [3.05, 3.63) is 0 Å². The SMILES string of the molecule is NC(=S)C[NH+]1CCCCC1. The van der Waals surface area contributed by atoms with Gasteiger partial charge in [-0.15, -0.1) is 0 Å². The van der Waals surface area contributed by atoms with Gasteiger partial charge in [-0.2, -0.15) is 0 Å². The first-order valence-electron chi connectivity index (χ1n) is 3.91. The van der Waals surface area contributed by atoms with Gasteiger partial charge in [-0.1, -0.05) is 12.2 Å². The number of rotatable bonds is 2. The van der Waals surface area contributed by atoms with Gasteiger partial charge in [0.1, 0.15) is 11.5 Å². The van der Waals surface area contributed by atoms with Gasteiger partial charge in [0.2, 0.25) is 0 Å². The number of quaternary nitrogens is 1. The highest BCUT2D eigenvalue weighted by Crippen LogP contribution is 1.93. The lowest BCUT2D eigenvalue weighted by molar-refractivity contribution is -0.895. The molecule has 0 aromatic rings. The molecule has 2 nitrogen and oxygen atoms in total. The second kappa shape index (κ2) is 3.88. The minimum Gasteiger partial charge on any atom is -0.389 e. The molecule has 0 spiro atoms. The van der Waals surface area contributed by atoms with Gasteiger partial charge in [-0.25, -0.2) is 0 Å². The fourth-order valence-electron chi connectivity index (χ4n) is 1.47. The molecule has 0 aromatic heterocycles.